The normalized spacial score (nSPS) is 10.8. The van der Waals surface area contributed by atoms with Crippen LogP contribution in [-0.2, 0) is 9.53 Å². The molecular formula is C5H7F3N2O4. The number of hydrazine groups is 1. The Morgan fingerprint density at radius 2 is 1.86 bits per heavy atom. The van der Waals surface area contributed by atoms with E-state index < -0.39 is 31.4 Å². The maximum absolute atomic E-state index is 11.5. The lowest BCUT2D eigenvalue weighted by Crippen LogP contribution is -2.42. The number of ether oxygens (including phenoxy) is 1. The first-order valence-electron chi connectivity index (χ1n) is 3.23. The van der Waals surface area contributed by atoms with Gasteiger partial charge in [0.05, 0.1) is 0 Å². The fourth-order valence-electron chi connectivity index (χ4n) is 0.419. The van der Waals surface area contributed by atoms with Crippen molar-refractivity contribution in [3.05, 3.63) is 0 Å². The smallest absolute Gasteiger partial charge is 0.423 e. The van der Waals surface area contributed by atoms with Crippen molar-refractivity contribution in [3.63, 3.8) is 0 Å². The number of amides is 2. The van der Waals surface area contributed by atoms with E-state index in [0.29, 0.717) is 0 Å². The van der Waals surface area contributed by atoms with Gasteiger partial charge in [0.25, 0.3) is 5.91 Å². The lowest BCUT2D eigenvalue weighted by molar-refractivity contribution is -0.175. The van der Waals surface area contributed by atoms with E-state index in [2.05, 4.69) is 4.74 Å². The van der Waals surface area contributed by atoms with Crippen molar-refractivity contribution in [2.45, 2.75) is 6.18 Å². The Morgan fingerprint density at radius 3 is 2.29 bits per heavy atom. The summed E-state index contributed by atoms with van der Waals surface area (Å²) in [6, 6.07) is 0. The average molecular weight is 216 g/mol. The van der Waals surface area contributed by atoms with Crippen LogP contribution in [0.4, 0.5) is 18.0 Å². The third kappa shape index (κ3) is 8.59. The maximum Gasteiger partial charge on any atom is 0.423 e. The minimum Gasteiger partial charge on any atom is -0.464 e. The lowest BCUT2D eigenvalue weighted by atomic mass is 10.6. The van der Waals surface area contributed by atoms with E-state index in [-0.39, 0.29) is 0 Å². The zero-order chi connectivity index (χ0) is 11.2. The first-order valence-corrected chi connectivity index (χ1v) is 3.23. The topological polar surface area (TPSA) is 87.7 Å². The lowest BCUT2D eigenvalue weighted by Gasteiger charge is -2.07. The number of alkyl halides is 3. The number of halogens is 3. The van der Waals surface area contributed by atoms with E-state index in [1.165, 1.54) is 5.43 Å². The number of carbonyl (C=O) groups is 2. The summed E-state index contributed by atoms with van der Waals surface area (Å²) in [5, 5.41) is 7.97. The summed E-state index contributed by atoms with van der Waals surface area (Å²) in [6.07, 6.45) is -6.05. The number of hydrogen-bond donors (Lipinski definition) is 3. The minimum atomic E-state index is -4.51. The Hall–Kier alpha value is -1.51. The molecular weight excluding hydrogens is 209 g/mol. The highest BCUT2D eigenvalue weighted by atomic mass is 19.4. The molecule has 0 aliphatic carbocycles. The summed E-state index contributed by atoms with van der Waals surface area (Å²) < 4.78 is 38.3. The molecule has 9 heteroatoms. The van der Waals surface area contributed by atoms with Crippen LogP contribution in [0, 0.1) is 0 Å². The monoisotopic (exact) mass is 216 g/mol. The van der Waals surface area contributed by atoms with Gasteiger partial charge in [-0.15, -0.1) is 0 Å². The average Bonchev–Trinajstić information content (AvgIpc) is 1.98. The van der Waals surface area contributed by atoms with Crippen molar-refractivity contribution in [2.24, 2.45) is 0 Å². The molecule has 2 amide bonds. The van der Waals surface area contributed by atoms with E-state index in [1.807, 2.05) is 0 Å². The summed E-state index contributed by atoms with van der Waals surface area (Å²) in [7, 11) is 0. The number of nitrogens with one attached hydrogen (secondary N) is 2. The van der Waals surface area contributed by atoms with Crippen molar-refractivity contribution < 1.29 is 32.6 Å². The van der Waals surface area contributed by atoms with Gasteiger partial charge in [0.2, 0.25) is 0 Å². The van der Waals surface area contributed by atoms with E-state index in [1.54, 1.807) is 5.43 Å². The van der Waals surface area contributed by atoms with Crippen molar-refractivity contribution in [2.75, 3.05) is 13.2 Å². The van der Waals surface area contributed by atoms with Crippen LogP contribution in [0.5, 0.6) is 0 Å². The van der Waals surface area contributed by atoms with E-state index >= 15 is 0 Å². The standard InChI is InChI=1S/C5H7F3N2O4/c6-5(7,8)2-14-1-3(11)9-10-4(12)13/h10H,1-2H2,(H,9,11)(H,12,13). The molecule has 14 heavy (non-hydrogen) atoms. The van der Waals surface area contributed by atoms with Crippen molar-refractivity contribution in [1.29, 1.82) is 0 Å². The van der Waals surface area contributed by atoms with Crippen LogP contribution in [0.1, 0.15) is 0 Å². The fraction of sp³-hybridized carbons (Fsp3) is 0.600. The van der Waals surface area contributed by atoms with Crippen molar-refractivity contribution >= 4 is 12.0 Å². The molecule has 0 aliphatic rings. The van der Waals surface area contributed by atoms with Gasteiger partial charge in [-0.25, -0.2) is 10.2 Å². The fourth-order valence-corrected chi connectivity index (χ4v) is 0.419. The molecule has 0 unspecified atom stereocenters. The van der Waals surface area contributed by atoms with Crippen LogP contribution in [-0.4, -0.2) is 36.5 Å². The highest BCUT2D eigenvalue weighted by molar-refractivity contribution is 5.79. The number of carbonyl (C=O) groups excluding carboxylic acids is 1. The summed E-state index contributed by atoms with van der Waals surface area (Å²) >= 11 is 0. The van der Waals surface area contributed by atoms with Crippen LogP contribution >= 0.6 is 0 Å². The highest BCUT2D eigenvalue weighted by Gasteiger charge is 2.27. The molecule has 0 fully saturated rings. The molecule has 0 aromatic rings. The third-order valence-electron chi connectivity index (χ3n) is 0.808. The molecule has 0 radical (unpaired) electrons. The molecule has 0 spiro atoms. The van der Waals surface area contributed by atoms with Gasteiger partial charge < -0.3 is 9.84 Å². The largest absolute Gasteiger partial charge is 0.464 e. The predicted octanol–water partition coefficient (Wildman–Crippen LogP) is -0.136. The first-order chi connectivity index (χ1) is 6.31. The molecule has 0 atom stereocenters. The van der Waals surface area contributed by atoms with Gasteiger partial charge >= 0.3 is 12.3 Å². The maximum atomic E-state index is 11.5. The Morgan fingerprint density at radius 1 is 1.29 bits per heavy atom. The second-order valence-electron chi connectivity index (χ2n) is 2.09. The van der Waals surface area contributed by atoms with Gasteiger partial charge in [-0.05, 0) is 0 Å². The SMILES string of the molecule is O=C(O)NNC(=O)COCC(F)(F)F. The summed E-state index contributed by atoms with van der Waals surface area (Å²) in [5.41, 5.74) is 3.04. The Bertz CT molecular complexity index is 218. The molecule has 82 valence electrons. The summed E-state index contributed by atoms with van der Waals surface area (Å²) in [5.74, 6) is -1.02. The first kappa shape index (κ1) is 12.5. The Kier molecular flexibility index (Phi) is 4.70. The van der Waals surface area contributed by atoms with Gasteiger partial charge in [0.1, 0.15) is 13.2 Å². The van der Waals surface area contributed by atoms with Crippen molar-refractivity contribution in [1.82, 2.24) is 10.9 Å². The van der Waals surface area contributed by atoms with E-state index in [4.69, 9.17) is 5.11 Å². The number of carboxylic acid groups (broad SMARTS) is 1. The molecule has 3 N–H and O–H groups in total. The molecule has 0 aliphatic heterocycles. The van der Waals surface area contributed by atoms with Crippen LogP contribution in [0.25, 0.3) is 0 Å². The van der Waals surface area contributed by atoms with Gasteiger partial charge in [-0.3, -0.25) is 10.2 Å². The van der Waals surface area contributed by atoms with Gasteiger partial charge in [0, 0.05) is 0 Å². The number of rotatable bonds is 3. The number of hydrogen-bond acceptors (Lipinski definition) is 3. The van der Waals surface area contributed by atoms with Gasteiger partial charge in [-0.1, -0.05) is 0 Å². The quantitative estimate of drug-likeness (QED) is 0.573. The summed E-state index contributed by atoms with van der Waals surface area (Å²) in [6.45, 7) is -2.44. The molecule has 0 saturated heterocycles. The zero-order valence-corrected chi connectivity index (χ0v) is 6.72. The van der Waals surface area contributed by atoms with E-state index in [0.717, 1.165) is 0 Å². The van der Waals surface area contributed by atoms with Crippen molar-refractivity contribution in [3.8, 4) is 0 Å². The third-order valence-corrected chi connectivity index (χ3v) is 0.808. The minimum absolute atomic E-state index is 0.875. The van der Waals surface area contributed by atoms with Crippen LogP contribution in [0.2, 0.25) is 0 Å². The summed E-state index contributed by atoms with van der Waals surface area (Å²) in [4.78, 5) is 20.3. The van der Waals surface area contributed by atoms with Crippen LogP contribution < -0.4 is 10.9 Å². The molecule has 0 rings (SSSR count). The molecule has 0 saturated carbocycles. The highest BCUT2D eigenvalue weighted by Crippen LogP contribution is 2.13. The molecule has 6 nitrogen and oxygen atoms in total. The molecule has 0 aromatic carbocycles. The Balaban J connectivity index is 3.50. The molecule has 0 aromatic heterocycles. The van der Waals surface area contributed by atoms with Crippen LogP contribution in [0.15, 0.2) is 0 Å². The predicted molar refractivity (Wildman–Crippen MR) is 36.2 cm³/mol. The molecule has 0 bridgehead atoms. The second kappa shape index (κ2) is 5.27. The zero-order valence-electron chi connectivity index (χ0n) is 6.72. The Labute approximate surface area is 76.0 Å². The molecule has 0 heterocycles. The van der Waals surface area contributed by atoms with Gasteiger partial charge in [-0.2, -0.15) is 13.2 Å². The second-order valence-corrected chi connectivity index (χ2v) is 2.09. The van der Waals surface area contributed by atoms with Crippen LogP contribution in [0.3, 0.4) is 0 Å². The van der Waals surface area contributed by atoms with E-state index in [9.17, 15) is 22.8 Å². The van der Waals surface area contributed by atoms with Gasteiger partial charge in [0.15, 0.2) is 0 Å².